The van der Waals surface area contributed by atoms with Crippen molar-refractivity contribution < 1.29 is 4.74 Å². The maximum atomic E-state index is 6.11. The summed E-state index contributed by atoms with van der Waals surface area (Å²) in [6.07, 6.45) is 1.65. The summed E-state index contributed by atoms with van der Waals surface area (Å²) in [4.78, 5) is 8.92. The van der Waals surface area contributed by atoms with E-state index in [-0.39, 0.29) is 0 Å². The van der Waals surface area contributed by atoms with Gasteiger partial charge in [0.15, 0.2) is 11.5 Å². The first-order valence-electron chi connectivity index (χ1n) is 8.65. The molecule has 7 heteroatoms. The average molecular weight is 388 g/mol. The number of rotatable bonds is 3. The van der Waals surface area contributed by atoms with Gasteiger partial charge in [0.2, 0.25) is 0 Å². The Bertz CT molecular complexity index is 1320. The Kier molecular flexibility index (Phi) is 3.91. The van der Waals surface area contributed by atoms with E-state index in [9.17, 15) is 0 Å². The number of aromatic nitrogens is 5. The number of hydrogen-bond acceptors (Lipinski definition) is 5. The molecule has 0 unspecified atom stereocenters. The lowest BCUT2D eigenvalue weighted by Crippen LogP contribution is -1.98. The summed E-state index contributed by atoms with van der Waals surface area (Å²) in [5.74, 6) is 1.40. The van der Waals surface area contributed by atoms with Gasteiger partial charge in [-0.25, -0.2) is 9.97 Å². The molecule has 0 spiro atoms. The van der Waals surface area contributed by atoms with Crippen molar-refractivity contribution in [3.63, 3.8) is 0 Å². The van der Waals surface area contributed by atoms with Crippen LogP contribution < -0.4 is 4.74 Å². The lowest BCUT2D eigenvalue weighted by molar-refractivity contribution is 0.415. The fourth-order valence-corrected chi connectivity index (χ4v) is 3.43. The van der Waals surface area contributed by atoms with Crippen LogP contribution in [0.4, 0.5) is 0 Å². The summed E-state index contributed by atoms with van der Waals surface area (Å²) in [5.41, 5.74) is 4.88. The number of hydrogen-bond donors (Lipinski definition) is 0. The molecule has 6 nitrogen and oxygen atoms in total. The predicted octanol–water partition coefficient (Wildman–Crippen LogP) is 4.67. The number of nitrogens with zero attached hydrogens (tertiary/aromatic N) is 5. The normalized spacial score (nSPS) is 11.2. The Morgan fingerprint density at radius 1 is 0.929 bits per heavy atom. The minimum atomic E-state index is 0.397. The third kappa shape index (κ3) is 2.66. The monoisotopic (exact) mass is 387 g/mol. The van der Waals surface area contributed by atoms with Crippen LogP contribution in [0.15, 0.2) is 66.9 Å². The van der Waals surface area contributed by atoms with Crippen LogP contribution in [0, 0.1) is 0 Å². The third-order valence-corrected chi connectivity index (χ3v) is 4.77. The summed E-state index contributed by atoms with van der Waals surface area (Å²) in [6, 6.07) is 19.3. The van der Waals surface area contributed by atoms with Gasteiger partial charge in [-0.05, 0) is 24.3 Å². The zero-order chi connectivity index (χ0) is 19.1. The van der Waals surface area contributed by atoms with Crippen LogP contribution in [0.2, 0.25) is 5.15 Å². The van der Waals surface area contributed by atoms with Crippen molar-refractivity contribution in [2.24, 2.45) is 0 Å². The second kappa shape index (κ2) is 6.58. The first-order chi connectivity index (χ1) is 13.7. The van der Waals surface area contributed by atoms with E-state index >= 15 is 0 Å². The van der Waals surface area contributed by atoms with E-state index in [0.29, 0.717) is 16.6 Å². The number of halogens is 1. The molecule has 3 aromatic heterocycles. The van der Waals surface area contributed by atoms with Crippen LogP contribution >= 0.6 is 11.6 Å². The number of methoxy groups -OCH3 is 1. The number of fused-ring (bicyclic) bond motifs is 3. The minimum absolute atomic E-state index is 0.397. The van der Waals surface area contributed by atoms with Gasteiger partial charge >= 0.3 is 0 Å². The largest absolute Gasteiger partial charge is 0.497 e. The smallest absolute Gasteiger partial charge is 0.188 e. The van der Waals surface area contributed by atoms with Crippen LogP contribution in [0.25, 0.3) is 39.3 Å². The van der Waals surface area contributed by atoms with Gasteiger partial charge in [-0.15, -0.1) is 10.2 Å². The second-order valence-corrected chi connectivity index (χ2v) is 6.62. The molecule has 3 heterocycles. The Morgan fingerprint density at radius 3 is 2.57 bits per heavy atom. The van der Waals surface area contributed by atoms with Gasteiger partial charge in [0.05, 0.1) is 18.1 Å². The van der Waals surface area contributed by atoms with Crippen molar-refractivity contribution in [3.8, 4) is 28.4 Å². The highest BCUT2D eigenvalue weighted by atomic mass is 35.5. The number of ether oxygens (including phenoxy) is 1. The van der Waals surface area contributed by atoms with Crippen molar-refractivity contribution in [2.75, 3.05) is 7.11 Å². The second-order valence-electron chi connectivity index (χ2n) is 6.23. The summed E-state index contributed by atoms with van der Waals surface area (Å²) in [5, 5.41) is 9.29. The topological polar surface area (TPSA) is 65.2 Å². The van der Waals surface area contributed by atoms with Crippen LogP contribution in [0.3, 0.4) is 0 Å². The molecule has 0 bridgehead atoms. The van der Waals surface area contributed by atoms with Crippen LogP contribution in [0.5, 0.6) is 5.75 Å². The van der Waals surface area contributed by atoms with Gasteiger partial charge in [-0.1, -0.05) is 41.9 Å². The van der Waals surface area contributed by atoms with Crippen molar-refractivity contribution in [3.05, 3.63) is 72.0 Å². The van der Waals surface area contributed by atoms with E-state index < -0.39 is 0 Å². The summed E-state index contributed by atoms with van der Waals surface area (Å²) in [6.45, 7) is 0. The van der Waals surface area contributed by atoms with Gasteiger partial charge in [-0.2, -0.15) is 0 Å². The van der Waals surface area contributed by atoms with Crippen molar-refractivity contribution in [2.45, 2.75) is 0 Å². The summed E-state index contributed by atoms with van der Waals surface area (Å²) < 4.78 is 7.40. The molecule has 0 atom stereocenters. The summed E-state index contributed by atoms with van der Waals surface area (Å²) >= 11 is 6.11. The SMILES string of the molecule is COc1ccc2nc(-c3ccccc3)c3nnc(-c4ccnc(Cl)c4)n3c2c1. The fourth-order valence-electron chi connectivity index (χ4n) is 3.26. The quantitative estimate of drug-likeness (QED) is 0.421. The predicted molar refractivity (Wildman–Crippen MR) is 109 cm³/mol. The molecule has 0 N–H and O–H groups in total. The molecule has 0 fully saturated rings. The third-order valence-electron chi connectivity index (χ3n) is 4.56. The zero-order valence-electron chi connectivity index (χ0n) is 14.9. The van der Waals surface area contributed by atoms with E-state index in [2.05, 4.69) is 15.2 Å². The highest BCUT2D eigenvalue weighted by Crippen LogP contribution is 2.31. The first-order valence-corrected chi connectivity index (χ1v) is 9.02. The number of pyridine rings is 1. The molecule has 0 saturated carbocycles. The lowest BCUT2D eigenvalue weighted by atomic mass is 10.1. The number of benzene rings is 2. The Morgan fingerprint density at radius 2 is 1.79 bits per heavy atom. The molecule has 28 heavy (non-hydrogen) atoms. The Labute approximate surface area is 165 Å². The molecule has 0 saturated heterocycles. The molecule has 0 aliphatic heterocycles. The maximum Gasteiger partial charge on any atom is 0.188 e. The highest BCUT2D eigenvalue weighted by Gasteiger charge is 2.18. The molecule has 5 rings (SSSR count). The van der Waals surface area contributed by atoms with E-state index in [1.54, 1.807) is 19.4 Å². The zero-order valence-corrected chi connectivity index (χ0v) is 15.6. The van der Waals surface area contributed by atoms with Crippen molar-refractivity contribution in [1.29, 1.82) is 0 Å². The van der Waals surface area contributed by atoms with Gasteiger partial charge in [0.1, 0.15) is 16.6 Å². The molecule has 5 aromatic rings. The molecule has 0 aliphatic rings. The van der Waals surface area contributed by atoms with Gasteiger partial charge in [0.25, 0.3) is 0 Å². The maximum absolute atomic E-state index is 6.11. The molecule has 2 aromatic carbocycles. The van der Waals surface area contributed by atoms with Gasteiger partial charge in [0, 0.05) is 23.4 Å². The average Bonchev–Trinajstić information content (AvgIpc) is 3.19. The standard InChI is InChI=1S/C21H14ClN5O/c1-28-15-7-8-16-17(12-15)27-20(14-9-10-23-18(22)11-14)25-26-21(27)19(24-16)13-5-3-2-4-6-13/h2-12H,1H3. The van der Waals surface area contributed by atoms with Crippen LogP contribution in [-0.4, -0.2) is 31.7 Å². The lowest BCUT2D eigenvalue weighted by Gasteiger charge is -2.10. The molecular weight excluding hydrogens is 374 g/mol. The van der Waals surface area contributed by atoms with Crippen LogP contribution in [0.1, 0.15) is 0 Å². The Hall–Kier alpha value is -3.51. The molecule has 0 amide bonds. The summed E-state index contributed by atoms with van der Waals surface area (Å²) in [7, 11) is 1.64. The van der Waals surface area contributed by atoms with Gasteiger partial charge < -0.3 is 4.74 Å². The highest BCUT2D eigenvalue weighted by molar-refractivity contribution is 6.29. The van der Waals surface area contributed by atoms with Crippen molar-refractivity contribution in [1.82, 2.24) is 24.6 Å². The van der Waals surface area contributed by atoms with E-state index in [1.165, 1.54) is 0 Å². The molecule has 136 valence electrons. The molecule has 0 aliphatic carbocycles. The van der Waals surface area contributed by atoms with Crippen LogP contribution in [-0.2, 0) is 0 Å². The van der Waals surface area contributed by atoms with E-state index in [4.69, 9.17) is 21.3 Å². The Balaban J connectivity index is 1.91. The fraction of sp³-hybridized carbons (Fsp3) is 0.0476. The van der Waals surface area contributed by atoms with Crippen molar-refractivity contribution >= 4 is 28.3 Å². The van der Waals surface area contributed by atoms with Gasteiger partial charge in [-0.3, -0.25) is 4.40 Å². The van der Waals surface area contributed by atoms with E-state index in [1.807, 2.05) is 59.0 Å². The molecule has 0 radical (unpaired) electrons. The minimum Gasteiger partial charge on any atom is -0.497 e. The molecular formula is C21H14ClN5O. The first kappa shape index (κ1) is 16.6. The van der Waals surface area contributed by atoms with E-state index in [0.717, 1.165) is 33.6 Å².